The van der Waals surface area contributed by atoms with Crippen molar-refractivity contribution in [1.82, 2.24) is 15.1 Å². The molecule has 1 unspecified atom stereocenters. The van der Waals surface area contributed by atoms with Gasteiger partial charge in [0.1, 0.15) is 5.75 Å². The molecule has 28 heavy (non-hydrogen) atoms. The molecule has 1 fully saturated rings. The van der Waals surface area contributed by atoms with Crippen LogP contribution >= 0.6 is 0 Å². The van der Waals surface area contributed by atoms with Gasteiger partial charge >= 0.3 is 5.97 Å². The van der Waals surface area contributed by atoms with E-state index in [4.69, 9.17) is 9.84 Å². The van der Waals surface area contributed by atoms with Crippen molar-refractivity contribution >= 4 is 11.9 Å². The number of benzene rings is 1. The second-order valence-corrected chi connectivity index (χ2v) is 7.26. The molecule has 1 aliphatic carbocycles. The number of carbonyl (C=O) groups is 2. The van der Waals surface area contributed by atoms with Gasteiger partial charge in [-0.15, -0.1) is 0 Å². The third kappa shape index (κ3) is 4.18. The number of aromatic carboxylic acids is 1. The molecule has 1 aromatic heterocycles. The van der Waals surface area contributed by atoms with Crippen LogP contribution in [-0.4, -0.2) is 40.4 Å². The summed E-state index contributed by atoms with van der Waals surface area (Å²) < 4.78 is 7.29. The first-order valence-corrected chi connectivity index (χ1v) is 9.72. The summed E-state index contributed by atoms with van der Waals surface area (Å²) in [7, 11) is 1.51. The zero-order chi connectivity index (χ0) is 20.3. The number of nitrogens with one attached hydrogen (secondary N) is 1. The van der Waals surface area contributed by atoms with Gasteiger partial charge in [-0.25, -0.2) is 4.79 Å². The number of hydrogen-bond donors (Lipinski definition) is 2. The molecule has 0 saturated heterocycles. The van der Waals surface area contributed by atoms with Crippen LogP contribution in [0.15, 0.2) is 24.4 Å². The normalized spacial score (nSPS) is 14.5. The molecule has 2 aromatic rings. The Morgan fingerprint density at radius 3 is 2.75 bits per heavy atom. The Morgan fingerprint density at radius 2 is 2.14 bits per heavy atom. The quantitative estimate of drug-likeness (QED) is 0.690. The largest absolute Gasteiger partial charge is 0.496 e. The molecular weight excluding hydrogens is 358 g/mol. The average molecular weight is 385 g/mol. The van der Waals surface area contributed by atoms with Crippen molar-refractivity contribution in [3.8, 4) is 5.75 Å². The topological polar surface area (TPSA) is 93.5 Å². The van der Waals surface area contributed by atoms with E-state index in [2.05, 4.69) is 24.3 Å². The molecule has 0 radical (unpaired) electrons. The number of methoxy groups -OCH3 is 1. The second-order valence-electron chi connectivity index (χ2n) is 7.26. The van der Waals surface area contributed by atoms with Crippen molar-refractivity contribution in [3.63, 3.8) is 0 Å². The molecule has 1 aromatic carbocycles. The predicted octanol–water partition coefficient (Wildman–Crippen LogP) is 3.41. The van der Waals surface area contributed by atoms with Gasteiger partial charge in [0.15, 0.2) is 0 Å². The minimum absolute atomic E-state index is 0.113. The van der Waals surface area contributed by atoms with E-state index in [9.17, 15) is 9.59 Å². The van der Waals surface area contributed by atoms with E-state index in [0.717, 1.165) is 30.5 Å². The molecule has 7 nitrogen and oxygen atoms in total. The van der Waals surface area contributed by atoms with Crippen molar-refractivity contribution in [3.05, 3.63) is 46.8 Å². The molecule has 2 N–H and O–H groups in total. The van der Waals surface area contributed by atoms with Gasteiger partial charge in [0.05, 0.1) is 30.1 Å². The summed E-state index contributed by atoms with van der Waals surface area (Å²) in [6.07, 6.45) is 5.41. The van der Waals surface area contributed by atoms with Crippen LogP contribution in [0.5, 0.6) is 5.75 Å². The van der Waals surface area contributed by atoms with Gasteiger partial charge in [0.25, 0.3) is 5.91 Å². The molecule has 1 aliphatic rings. The lowest BCUT2D eigenvalue weighted by atomic mass is 10.1. The minimum Gasteiger partial charge on any atom is -0.496 e. The summed E-state index contributed by atoms with van der Waals surface area (Å²) in [5.74, 6) is -0.167. The molecule has 1 saturated carbocycles. The van der Waals surface area contributed by atoms with E-state index in [1.54, 1.807) is 18.3 Å². The third-order valence-electron chi connectivity index (χ3n) is 5.26. The van der Waals surface area contributed by atoms with Gasteiger partial charge in [-0.3, -0.25) is 9.48 Å². The molecule has 0 aliphatic heterocycles. The van der Waals surface area contributed by atoms with E-state index in [0.29, 0.717) is 30.2 Å². The number of amides is 1. The van der Waals surface area contributed by atoms with Gasteiger partial charge in [-0.2, -0.15) is 5.10 Å². The van der Waals surface area contributed by atoms with E-state index in [1.165, 1.54) is 13.2 Å². The molecule has 150 valence electrons. The van der Waals surface area contributed by atoms with Crippen LogP contribution < -0.4 is 10.1 Å². The van der Waals surface area contributed by atoms with Gasteiger partial charge in [0.2, 0.25) is 0 Å². The summed E-state index contributed by atoms with van der Waals surface area (Å²) >= 11 is 0. The van der Waals surface area contributed by atoms with Crippen LogP contribution in [0.1, 0.15) is 77.0 Å². The molecule has 3 rings (SSSR count). The van der Waals surface area contributed by atoms with Gasteiger partial charge in [0, 0.05) is 18.5 Å². The molecule has 7 heteroatoms. The number of hydrogen-bond acceptors (Lipinski definition) is 4. The Bertz CT molecular complexity index is 871. The Balaban J connectivity index is 1.67. The van der Waals surface area contributed by atoms with Gasteiger partial charge in [-0.05, 0) is 50.3 Å². The molecule has 1 heterocycles. The van der Waals surface area contributed by atoms with Crippen LogP contribution in [0.2, 0.25) is 0 Å². The van der Waals surface area contributed by atoms with Crippen molar-refractivity contribution < 1.29 is 19.4 Å². The van der Waals surface area contributed by atoms with Crippen molar-refractivity contribution in [2.75, 3.05) is 13.7 Å². The fourth-order valence-electron chi connectivity index (χ4n) is 3.32. The number of rotatable bonds is 9. The summed E-state index contributed by atoms with van der Waals surface area (Å²) in [6.45, 7) is 4.67. The predicted molar refractivity (Wildman–Crippen MR) is 105 cm³/mol. The van der Waals surface area contributed by atoms with Crippen LogP contribution in [0.4, 0.5) is 0 Å². The maximum absolute atomic E-state index is 12.7. The standard InChI is InChI=1S/C21H27N3O4/c1-4-13(2)24-19(15-6-7-15)17(12-23-24)20(25)22-10-9-14-5-8-16(21(26)27)11-18(14)28-3/h5,8,11-13,15H,4,6-7,9-10H2,1-3H3,(H,22,25)(H,26,27). The summed E-state index contributed by atoms with van der Waals surface area (Å²) in [5, 5.41) is 16.5. The van der Waals surface area contributed by atoms with Crippen molar-refractivity contribution in [2.45, 2.75) is 51.5 Å². The van der Waals surface area contributed by atoms with Crippen LogP contribution in [-0.2, 0) is 6.42 Å². The molecule has 0 bridgehead atoms. The number of carboxylic acid groups (broad SMARTS) is 1. The summed E-state index contributed by atoms with van der Waals surface area (Å²) in [4.78, 5) is 23.8. The smallest absolute Gasteiger partial charge is 0.335 e. The van der Waals surface area contributed by atoms with Crippen LogP contribution in [0.3, 0.4) is 0 Å². The lowest BCUT2D eigenvalue weighted by Gasteiger charge is -2.15. The van der Waals surface area contributed by atoms with E-state index >= 15 is 0 Å². The zero-order valence-electron chi connectivity index (χ0n) is 16.6. The Kier molecular flexibility index (Phi) is 6.02. The Labute approximate surface area is 164 Å². The maximum atomic E-state index is 12.7. The highest BCUT2D eigenvalue weighted by Crippen LogP contribution is 2.42. The maximum Gasteiger partial charge on any atom is 0.335 e. The first-order chi connectivity index (χ1) is 13.5. The zero-order valence-corrected chi connectivity index (χ0v) is 16.6. The summed E-state index contributed by atoms with van der Waals surface area (Å²) in [6, 6.07) is 5.05. The first-order valence-electron chi connectivity index (χ1n) is 9.72. The summed E-state index contributed by atoms with van der Waals surface area (Å²) in [5.41, 5.74) is 2.74. The first kappa shape index (κ1) is 19.9. The van der Waals surface area contributed by atoms with E-state index in [-0.39, 0.29) is 17.5 Å². The fourth-order valence-corrected chi connectivity index (χ4v) is 3.32. The monoisotopic (exact) mass is 385 g/mol. The van der Waals surface area contributed by atoms with Gasteiger partial charge in [-0.1, -0.05) is 13.0 Å². The number of nitrogens with zero attached hydrogens (tertiary/aromatic N) is 2. The van der Waals surface area contributed by atoms with E-state index < -0.39 is 5.97 Å². The fraction of sp³-hybridized carbons (Fsp3) is 0.476. The number of carboxylic acids is 1. The van der Waals surface area contributed by atoms with E-state index in [1.807, 2.05) is 4.68 Å². The highest BCUT2D eigenvalue weighted by Gasteiger charge is 2.33. The molecular formula is C21H27N3O4. The van der Waals surface area contributed by atoms with Crippen LogP contribution in [0, 0.1) is 0 Å². The molecule has 1 atom stereocenters. The second kappa shape index (κ2) is 8.46. The highest BCUT2D eigenvalue weighted by molar-refractivity contribution is 5.95. The molecule has 1 amide bonds. The number of carbonyl (C=O) groups excluding carboxylic acids is 1. The van der Waals surface area contributed by atoms with Crippen molar-refractivity contribution in [2.24, 2.45) is 0 Å². The average Bonchev–Trinajstić information content (AvgIpc) is 3.44. The van der Waals surface area contributed by atoms with Crippen molar-refractivity contribution in [1.29, 1.82) is 0 Å². The number of aromatic nitrogens is 2. The lowest BCUT2D eigenvalue weighted by molar-refractivity contribution is 0.0696. The Morgan fingerprint density at radius 1 is 1.39 bits per heavy atom. The molecule has 0 spiro atoms. The Hall–Kier alpha value is -2.83. The SMILES string of the molecule is CCC(C)n1ncc(C(=O)NCCc2ccc(C(=O)O)cc2OC)c1C1CC1. The van der Waals surface area contributed by atoms with Crippen LogP contribution in [0.25, 0.3) is 0 Å². The number of ether oxygens (including phenoxy) is 1. The third-order valence-corrected chi connectivity index (χ3v) is 5.26. The van der Waals surface area contributed by atoms with Gasteiger partial charge < -0.3 is 15.2 Å². The highest BCUT2D eigenvalue weighted by atomic mass is 16.5. The minimum atomic E-state index is -0.996. The lowest BCUT2D eigenvalue weighted by Crippen LogP contribution is -2.26.